The molecule has 156 valence electrons. The molecule has 2 aromatic rings. The highest BCUT2D eigenvalue weighted by molar-refractivity contribution is 9.10. The van der Waals surface area contributed by atoms with E-state index in [1.807, 2.05) is 31.2 Å². The van der Waals surface area contributed by atoms with Crippen molar-refractivity contribution < 1.29 is 14.0 Å². The zero-order valence-corrected chi connectivity index (χ0v) is 19.1. The van der Waals surface area contributed by atoms with Crippen LogP contribution in [0.15, 0.2) is 53.0 Å². The second kappa shape index (κ2) is 12.0. The highest BCUT2D eigenvalue weighted by atomic mass is 79.9. The molecule has 0 saturated heterocycles. The average Bonchev–Trinajstić information content (AvgIpc) is 2.72. The molecule has 0 spiro atoms. The first-order chi connectivity index (χ1) is 13.9. The van der Waals surface area contributed by atoms with Crippen molar-refractivity contribution in [2.45, 2.75) is 38.6 Å². The third-order valence-corrected chi connectivity index (χ3v) is 5.92. The van der Waals surface area contributed by atoms with Crippen LogP contribution in [0.3, 0.4) is 0 Å². The minimum atomic E-state index is -0.591. The van der Waals surface area contributed by atoms with Gasteiger partial charge in [-0.15, -0.1) is 11.8 Å². The number of thioether (sulfide) groups is 1. The summed E-state index contributed by atoms with van der Waals surface area (Å²) in [5, 5.41) is 2.86. The fraction of sp³-hybridized carbons (Fsp3) is 0.364. The summed E-state index contributed by atoms with van der Waals surface area (Å²) in [7, 11) is 0. The van der Waals surface area contributed by atoms with Crippen molar-refractivity contribution in [2.75, 3.05) is 12.3 Å². The number of nitrogens with zero attached hydrogens (tertiary/aromatic N) is 1. The van der Waals surface area contributed by atoms with Crippen LogP contribution in [0.1, 0.15) is 31.4 Å². The van der Waals surface area contributed by atoms with E-state index in [9.17, 15) is 14.0 Å². The molecule has 29 heavy (non-hydrogen) atoms. The topological polar surface area (TPSA) is 49.4 Å². The summed E-state index contributed by atoms with van der Waals surface area (Å²) in [6.45, 7) is 4.64. The number of halogens is 2. The van der Waals surface area contributed by atoms with E-state index in [4.69, 9.17) is 0 Å². The third kappa shape index (κ3) is 7.48. The molecule has 7 heteroatoms. The molecule has 2 amide bonds. The van der Waals surface area contributed by atoms with Gasteiger partial charge in [0.1, 0.15) is 11.9 Å². The molecule has 0 saturated carbocycles. The van der Waals surface area contributed by atoms with E-state index in [0.717, 1.165) is 16.5 Å². The number of rotatable bonds is 10. The molecule has 2 rings (SSSR count). The average molecular weight is 481 g/mol. The quantitative estimate of drug-likeness (QED) is 0.532. The highest BCUT2D eigenvalue weighted by Crippen LogP contribution is 2.18. The van der Waals surface area contributed by atoms with Gasteiger partial charge in [0.05, 0.1) is 5.75 Å². The molecule has 0 heterocycles. The summed E-state index contributed by atoms with van der Waals surface area (Å²) in [5.74, 6) is -0.00619. The summed E-state index contributed by atoms with van der Waals surface area (Å²) in [6.07, 6.45) is 0.831. The van der Waals surface area contributed by atoms with Crippen LogP contribution in [0.5, 0.6) is 0 Å². The number of hydrogen-bond donors (Lipinski definition) is 1. The van der Waals surface area contributed by atoms with Crippen LogP contribution in [-0.4, -0.2) is 35.1 Å². The number of nitrogens with one attached hydrogen (secondary N) is 1. The van der Waals surface area contributed by atoms with Crippen molar-refractivity contribution in [3.05, 3.63) is 69.9 Å². The Labute approximate surface area is 184 Å². The van der Waals surface area contributed by atoms with Gasteiger partial charge in [0.25, 0.3) is 0 Å². The third-order valence-electron chi connectivity index (χ3n) is 4.42. The van der Waals surface area contributed by atoms with Crippen molar-refractivity contribution in [2.24, 2.45) is 0 Å². The lowest BCUT2D eigenvalue weighted by atomic mass is 10.1. The number of benzene rings is 2. The van der Waals surface area contributed by atoms with Gasteiger partial charge in [0.15, 0.2) is 0 Å². The Balaban J connectivity index is 2.05. The Bertz CT molecular complexity index is 817. The van der Waals surface area contributed by atoms with Gasteiger partial charge in [0.2, 0.25) is 11.8 Å². The summed E-state index contributed by atoms with van der Waals surface area (Å²) >= 11 is 4.75. The predicted octanol–water partition coefficient (Wildman–Crippen LogP) is 4.76. The minimum absolute atomic E-state index is 0.145. The summed E-state index contributed by atoms with van der Waals surface area (Å²) in [5.41, 5.74) is 1.51. The first-order valence-electron chi connectivity index (χ1n) is 9.55. The lowest BCUT2D eigenvalue weighted by Crippen LogP contribution is -2.48. The summed E-state index contributed by atoms with van der Waals surface area (Å²) in [4.78, 5) is 27.0. The minimum Gasteiger partial charge on any atom is -0.354 e. The molecule has 0 aliphatic heterocycles. The Morgan fingerprint density at radius 2 is 1.86 bits per heavy atom. The Hall–Kier alpha value is -1.86. The molecular formula is C22H26BrFN2O2S. The largest absolute Gasteiger partial charge is 0.354 e. The summed E-state index contributed by atoms with van der Waals surface area (Å²) < 4.78 is 14.7. The van der Waals surface area contributed by atoms with E-state index in [0.29, 0.717) is 24.4 Å². The second-order valence-electron chi connectivity index (χ2n) is 6.70. The monoisotopic (exact) mass is 480 g/mol. The first-order valence-corrected chi connectivity index (χ1v) is 11.5. The van der Waals surface area contributed by atoms with Crippen LogP contribution in [0.2, 0.25) is 0 Å². The van der Waals surface area contributed by atoms with Gasteiger partial charge < -0.3 is 10.2 Å². The van der Waals surface area contributed by atoms with E-state index in [-0.39, 0.29) is 23.4 Å². The molecule has 1 N–H and O–H groups in total. The zero-order valence-electron chi connectivity index (χ0n) is 16.7. The standard InChI is InChI=1S/C22H26BrFN2O2S/c1-3-12-25-22(28)16(2)26(13-17-8-10-19(23)11-9-17)21(27)15-29-14-18-6-4-5-7-20(18)24/h4-11,16H,3,12-15H2,1-2H3,(H,25,28)/t16-/m1/s1. The van der Waals surface area contributed by atoms with Crippen LogP contribution < -0.4 is 5.32 Å². The van der Waals surface area contributed by atoms with Crippen LogP contribution in [-0.2, 0) is 21.9 Å². The fourth-order valence-corrected chi connectivity index (χ4v) is 3.87. The summed E-state index contributed by atoms with van der Waals surface area (Å²) in [6, 6.07) is 13.6. The number of amides is 2. The molecule has 2 aromatic carbocycles. The molecule has 0 radical (unpaired) electrons. The van der Waals surface area contributed by atoms with Gasteiger partial charge in [-0.1, -0.05) is 53.2 Å². The van der Waals surface area contributed by atoms with Gasteiger partial charge in [0, 0.05) is 23.3 Å². The van der Waals surface area contributed by atoms with Crippen LogP contribution in [0.4, 0.5) is 4.39 Å². The number of carbonyl (C=O) groups is 2. The van der Waals surface area contributed by atoms with Gasteiger partial charge in [-0.2, -0.15) is 0 Å². The lowest BCUT2D eigenvalue weighted by Gasteiger charge is -2.28. The SMILES string of the molecule is CCCNC(=O)[C@@H](C)N(Cc1ccc(Br)cc1)C(=O)CSCc1ccccc1F. The molecule has 1 atom stereocenters. The normalized spacial score (nSPS) is 11.7. The lowest BCUT2D eigenvalue weighted by molar-refractivity contribution is -0.138. The smallest absolute Gasteiger partial charge is 0.242 e. The van der Waals surface area contributed by atoms with Gasteiger partial charge in [-0.3, -0.25) is 9.59 Å². The maximum Gasteiger partial charge on any atom is 0.242 e. The molecular weight excluding hydrogens is 455 g/mol. The Morgan fingerprint density at radius 3 is 2.52 bits per heavy atom. The van der Waals surface area contributed by atoms with Gasteiger partial charge in [-0.25, -0.2) is 4.39 Å². The van der Waals surface area contributed by atoms with Crippen molar-refractivity contribution in [3.8, 4) is 0 Å². The van der Waals surface area contributed by atoms with E-state index in [1.165, 1.54) is 17.8 Å². The van der Waals surface area contributed by atoms with Crippen molar-refractivity contribution in [1.82, 2.24) is 10.2 Å². The number of carbonyl (C=O) groups excluding carboxylic acids is 2. The Kier molecular flexibility index (Phi) is 9.67. The maximum absolute atomic E-state index is 13.8. The van der Waals surface area contributed by atoms with E-state index >= 15 is 0 Å². The molecule has 0 bridgehead atoms. The first kappa shape index (κ1) is 23.4. The second-order valence-corrected chi connectivity index (χ2v) is 8.60. The van der Waals surface area contributed by atoms with Crippen molar-refractivity contribution in [1.29, 1.82) is 0 Å². The Morgan fingerprint density at radius 1 is 1.17 bits per heavy atom. The van der Waals surface area contributed by atoms with Crippen molar-refractivity contribution >= 4 is 39.5 Å². The van der Waals surface area contributed by atoms with Crippen LogP contribution >= 0.6 is 27.7 Å². The number of hydrogen-bond acceptors (Lipinski definition) is 3. The highest BCUT2D eigenvalue weighted by Gasteiger charge is 2.25. The molecule has 0 aliphatic carbocycles. The van der Waals surface area contributed by atoms with E-state index in [1.54, 1.807) is 30.0 Å². The van der Waals surface area contributed by atoms with Gasteiger partial charge >= 0.3 is 0 Å². The van der Waals surface area contributed by atoms with E-state index < -0.39 is 6.04 Å². The van der Waals surface area contributed by atoms with Gasteiger partial charge in [-0.05, 0) is 42.7 Å². The molecule has 0 aliphatic rings. The van der Waals surface area contributed by atoms with Crippen molar-refractivity contribution in [3.63, 3.8) is 0 Å². The molecule has 0 unspecified atom stereocenters. The zero-order chi connectivity index (χ0) is 21.2. The van der Waals surface area contributed by atoms with Crippen LogP contribution in [0, 0.1) is 5.82 Å². The molecule has 0 fully saturated rings. The maximum atomic E-state index is 13.8. The van der Waals surface area contributed by atoms with E-state index in [2.05, 4.69) is 21.2 Å². The fourth-order valence-electron chi connectivity index (χ4n) is 2.71. The van der Waals surface area contributed by atoms with Crippen LogP contribution in [0.25, 0.3) is 0 Å². The predicted molar refractivity (Wildman–Crippen MR) is 120 cm³/mol. The molecule has 0 aromatic heterocycles. The molecule has 4 nitrogen and oxygen atoms in total.